The average molecular weight is 368 g/mol. The molecule has 5 nitrogen and oxygen atoms in total. The Balaban J connectivity index is 1.41. The van der Waals surface area contributed by atoms with Crippen molar-refractivity contribution in [1.29, 1.82) is 0 Å². The molecule has 4 rings (SSSR count). The van der Waals surface area contributed by atoms with Crippen LogP contribution in [-0.4, -0.2) is 17.7 Å². The molecule has 0 fully saturated rings. The molecule has 3 aromatic rings. The topological polar surface area (TPSA) is 61.6 Å². The summed E-state index contributed by atoms with van der Waals surface area (Å²) in [6.07, 6.45) is 1.78. The van der Waals surface area contributed by atoms with Crippen LogP contribution >= 0.6 is 11.6 Å². The lowest BCUT2D eigenvalue weighted by Crippen LogP contribution is -2.17. The van der Waals surface area contributed by atoms with E-state index in [0.717, 1.165) is 16.9 Å². The molecule has 0 spiro atoms. The second-order valence-corrected chi connectivity index (χ2v) is 6.19. The van der Waals surface area contributed by atoms with Crippen molar-refractivity contribution in [3.63, 3.8) is 0 Å². The second-order valence-electron chi connectivity index (χ2n) is 5.76. The summed E-state index contributed by atoms with van der Waals surface area (Å²) in [4.78, 5) is 12.2. The quantitative estimate of drug-likeness (QED) is 0.635. The minimum atomic E-state index is -0.441. The number of nitrogens with zero attached hydrogens (tertiary/aromatic N) is 1. The summed E-state index contributed by atoms with van der Waals surface area (Å²) >= 11 is 5.88. The zero-order valence-corrected chi connectivity index (χ0v) is 14.4. The minimum Gasteiger partial charge on any atom is -0.488 e. The summed E-state index contributed by atoms with van der Waals surface area (Å²) in [5.41, 5.74) is 2.84. The molecule has 1 aliphatic heterocycles. The highest BCUT2D eigenvalue weighted by atomic mass is 35.5. The lowest BCUT2D eigenvalue weighted by atomic mass is 10.1. The van der Waals surface area contributed by atoms with E-state index in [2.05, 4.69) is 5.16 Å². The van der Waals surface area contributed by atoms with E-state index in [-0.39, 0.29) is 13.2 Å². The number of hydrogen-bond acceptors (Lipinski definition) is 5. The third-order valence-corrected chi connectivity index (χ3v) is 4.19. The van der Waals surface area contributed by atoms with Gasteiger partial charge < -0.3 is 14.0 Å². The summed E-state index contributed by atoms with van der Waals surface area (Å²) in [7, 11) is 0. The van der Waals surface area contributed by atoms with Crippen molar-refractivity contribution in [3.05, 3.63) is 76.5 Å². The molecule has 2 heterocycles. The van der Waals surface area contributed by atoms with Crippen molar-refractivity contribution >= 4 is 23.6 Å². The van der Waals surface area contributed by atoms with Gasteiger partial charge in [0.25, 0.3) is 0 Å². The van der Waals surface area contributed by atoms with Crippen LogP contribution in [0.3, 0.4) is 0 Å². The molecule has 0 amide bonds. The van der Waals surface area contributed by atoms with Crippen molar-refractivity contribution in [2.24, 2.45) is 0 Å². The fraction of sp³-hybridized carbons (Fsp3) is 0.100. The molecule has 1 aliphatic rings. The molecule has 0 aliphatic carbocycles. The summed E-state index contributed by atoms with van der Waals surface area (Å²) < 4.78 is 16.1. The molecule has 6 heteroatoms. The van der Waals surface area contributed by atoms with Gasteiger partial charge in [0.2, 0.25) is 0 Å². The van der Waals surface area contributed by atoms with E-state index < -0.39 is 5.97 Å². The van der Waals surface area contributed by atoms with Crippen LogP contribution in [0, 0.1) is 0 Å². The van der Waals surface area contributed by atoms with Gasteiger partial charge in [-0.3, -0.25) is 0 Å². The molecule has 0 saturated heterocycles. The number of ether oxygens (including phenoxy) is 2. The standard InChI is InChI=1S/C20H14ClNO4/c21-16-7-5-13(6-8-16)18-10-17(26-22-18)12-25-20(23)15-9-14-3-1-2-4-19(14)24-11-15/h1-10H,11-12H2. The molecule has 0 radical (unpaired) electrons. The maximum absolute atomic E-state index is 12.2. The predicted octanol–water partition coefficient (Wildman–Crippen LogP) is 4.51. The van der Waals surface area contributed by atoms with Crippen LogP contribution in [0.5, 0.6) is 5.75 Å². The maximum atomic E-state index is 12.2. The number of carbonyl (C=O) groups is 1. The zero-order chi connectivity index (χ0) is 17.9. The number of aromatic nitrogens is 1. The van der Waals surface area contributed by atoms with Crippen LogP contribution < -0.4 is 4.74 Å². The Morgan fingerprint density at radius 2 is 1.96 bits per heavy atom. The van der Waals surface area contributed by atoms with Gasteiger partial charge in [-0.25, -0.2) is 4.79 Å². The fourth-order valence-corrected chi connectivity index (χ4v) is 2.73. The number of halogens is 1. The maximum Gasteiger partial charge on any atom is 0.337 e. The van der Waals surface area contributed by atoms with E-state index in [9.17, 15) is 4.79 Å². The molecule has 130 valence electrons. The first-order chi connectivity index (χ1) is 12.7. The van der Waals surface area contributed by atoms with E-state index in [1.165, 1.54) is 0 Å². The van der Waals surface area contributed by atoms with Crippen LogP contribution in [0.15, 0.2) is 64.7 Å². The summed E-state index contributed by atoms with van der Waals surface area (Å²) in [6, 6.07) is 16.5. The number of para-hydroxylation sites is 1. The lowest BCUT2D eigenvalue weighted by molar-refractivity contribution is -0.141. The highest BCUT2D eigenvalue weighted by molar-refractivity contribution is 6.30. The molecular formula is C20H14ClNO4. The van der Waals surface area contributed by atoms with Gasteiger partial charge in [-0.05, 0) is 24.3 Å². The summed E-state index contributed by atoms with van der Waals surface area (Å²) in [5, 5.41) is 4.64. The van der Waals surface area contributed by atoms with Crippen molar-refractivity contribution < 1.29 is 18.8 Å². The average Bonchev–Trinajstić information content (AvgIpc) is 3.15. The van der Waals surface area contributed by atoms with Crippen molar-refractivity contribution in [1.82, 2.24) is 5.16 Å². The van der Waals surface area contributed by atoms with Crippen molar-refractivity contribution in [3.8, 4) is 17.0 Å². The van der Waals surface area contributed by atoms with Crippen LogP contribution in [0.4, 0.5) is 0 Å². The Bertz CT molecular complexity index is 975. The number of benzene rings is 2. The van der Waals surface area contributed by atoms with Crippen molar-refractivity contribution in [2.45, 2.75) is 6.61 Å². The Hall–Kier alpha value is -3.05. The normalized spacial score (nSPS) is 12.7. The van der Waals surface area contributed by atoms with E-state index in [1.54, 1.807) is 24.3 Å². The number of carbonyl (C=O) groups excluding carboxylic acids is 1. The third-order valence-electron chi connectivity index (χ3n) is 3.94. The Kier molecular flexibility index (Phi) is 4.46. The molecule has 0 saturated carbocycles. The van der Waals surface area contributed by atoms with E-state index in [4.69, 9.17) is 25.6 Å². The molecule has 0 unspecified atom stereocenters. The molecule has 26 heavy (non-hydrogen) atoms. The number of esters is 1. The van der Waals surface area contributed by atoms with Gasteiger partial charge in [0.05, 0.1) is 5.57 Å². The van der Waals surface area contributed by atoms with Crippen LogP contribution in [0.2, 0.25) is 5.02 Å². The molecule has 0 bridgehead atoms. The highest BCUT2D eigenvalue weighted by Gasteiger charge is 2.19. The lowest BCUT2D eigenvalue weighted by Gasteiger charge is -2.16. The Morgan fingerprint density at radius 1 is 1.15 bits per heavy atom. The van der Waals surface area contributed by atoms with Gasteiger partial charge in [-0.2, -0.15) is 0 Å². The first-order valence-electron chi connectivity index (χ1n) is 8.00. The van der Waals surface area contributed by atoms with Gasteiger partial charge in [0.1, 0.15) is 18.1 Å². The summed E-state index contributed by atoms with van der Waals surface area (Å²) in [5.74, 6) is 0.775. The van der Waals surface area contributed by atoms with Gasteiger partial charge in [-0.1, -0.05) is 47.1 Å². The van der Waals surface area contributed by atoms with Gasteiger partial charge in [-0.15, -0.1) is 0 Å². The largest absolute Gasteiger partial charge is 0.488 e. The minimum absolute atomic E-state index is 0.00158. The van der Waals surface area contributed by atoms with Crippen LogP contribution in [-0.2, 0) is 16.1 Å². The monoisotopic (exact) mass is 367 g/mol. The molecule has 2 aromatic carbocycles. The van der Waals surface area contributed by atoms with Gasteiger partial charge in [0, 0.05) is 22.2 Å². The van der Waals surface area contributed by atoms with E-state index in [1.807, 2.05) is 36.4 Å². The smallest absolute Gasteiger partial charge is 0.337 e. The highest BCUT2D eigenvalue weighted by Crippen LogP contribution is 2.26. The number of rotatable bonds is 4. The van der Waals surface area contributed by atoms with Crippen molar-refractivity contribution in [2.75, 3.05) is 6.61 Å². The fourth-order valence-electron chi connectivity index (χ4n) is 2.60. The Labute approximate surface area is 154 Å². The SMILES string of the molecule is O=C(OCc1cc(-c2ccc(Cl)cc2)no1)C1=Cc2ccccc2OC1. The first-order valence-corrected chi connectivity index (χ1v) is 8.38. The molecular weight excluding hydrogens is 354 g/mol. The van der Waals surface area contributed by atoms with Crippen LogP contribution in [0.25, 0.3) is 17.3 Å². The van der Waals surface area contributed by atoms with Crippen LogP contribution in [0.1, 0.15) is 11.3 Å². The molecule has 1 aromatic heterocycles. The van der Waals surface area contributed by atoms with E-state index in [0.29, 0.717) is 22.0 Å². The first kappa shape index (κ1) is 16.4. The van der Waals surface area contributed by atoms with Gasteiger partial charge >= 0.3 is 5.97 Å². The summed E-state index contributed by atoms with van der Waals surface area (Å²) in [6.45, 7) is 0.181. The Morgan fingerprint density at radius 3 is 2.81 bits per heavy atom. The van der Waals surface area contributed by atoms with E-state index >= 15 is 0 Å². The molecule has 0 atom stereocenters. The molecule has 0 N–H and O–H groups in total. The van der Waals surface area contributed by atoms with Gasteiger partial charge in [0.15, 0.2) is 12.4 Å². The second kappa shape index (κ2) is 7.06. The number of hydrogen-bond donors (Lipinski definition) is 0. The third kappa shape index (κ3) is 3.48. The zero-order valence-electron chi connectivity index (χ0n) is 13.6. The number of fused-ring (bicyclic) bond motifs is 1. The predicted molar refractivity (Wildman–Crippen MR) is 96.7 cm³/mol.